The van der Waals surface area contributed by atoms with E-state index in [1.54, 1.807) is 12.1 Å². The van der Waals surface area contributed by atoms with Gasteiger partial charge in [0.25, 0.3) is 11.8 Å². The molecule has 1 saturated carbocycles. The first-order valence-electron chi connectivity index (χ1n) is 10.5. The first-order valence-corrected chi connectivity index (χ1v) is 10.8. The minimum absolute atomic E-state index is 0.143. The number of amides is 3. The van der Waals surface area contributed by atoms with E-state index in [1.165, 1.54) is 12.1 Å². The van der Waals surface area contributed by atoms with Gasteiger partial charge in [0.2, 0.25) is 5.91 Å². The Morgan fingerprint density at radius 2 is 2.03 bits per heavy atom. The van der Waals surface area contributed by atoms with Crippen LogP contribution in [0.3, 0.4) is 0 Å². The molecule has 0 unspecified atom stereocenters. The highest BCUT2D eigenvalue weighted by Crippen LogP contribution is 2.36. The third-order valence-corrected chi connectivity index (χ3v) is 6.07. The molecule has 1 aliphatic heterocycles. The van der Waals surface area contributed by atoms with Gasteiger partial charge in [0.15, 0.2) is 0 Å². The summed E-state index contributed by atoms with van der Waals surface area (Å²) in [6.07, 6.45) is 3.53. The first-order chi connectivity index (χ1) is 14.6. The predicted molar refractivity (Wildman–Crippen MR) is 113 cm³/mol. The van der Waals surface area contributed by atoms with Gasteiger partial charge in [-0.2, -0.15) is 0 Å². The maximum atomic E-state index is 13.1. The van der Waals surface area contributed by atoms with Crippen molar-refractivity contribution in [2.45, 2.75) is 64.0 Å². The molecule has 2 atom stereocenters. The highest BCUT2D eigenvalue weighted by molar-refractivity contribution is 6.29. The second-order valence-electron chi connectivity index (χ2n) is 8.90. The molecule has 9 nitrogen and oxygen atoms in total. The summed E-state index contributed by atoms with van der Waals surface area (Å²) in [7, 11) is 1.31. The second-order valence-corrected chi connectivity index (χ2v) is 9.31. The van der Waals surface area contributed by atoms with Crippen LogP contribution < -0.4 is 10.7 Å². The predicted octanol–water partition coefficient (Wildman–Crippen LogP) is 2.18. The molecule has 1 saturated heterocycles. The van der Waals surface area contributed by atoms with E-state index in [9.17, 15) is 19.2 Å². The van der Waals surface area contributed by atoms with Gasteiger partial charge >= 0.3 is 5.97 Å². The number of nitrogens with one attached hydrogen (secondary N) is 3. The molecule has 2 aliphatic rings. The molecule has 2 fully saturated rings. The zero-order valence-electron chi connectivity index (χ0n) is 18.0. The second kappa shape index (κ2) is 9.30. The average Bonchev–Trinajstić information content (AvgIpc) is 3.38. The van der Waals surface area contributed by atoms with Gasteiger partial charge < -0.3 is 15.0 Å². The summed E-state index contributed by atoms with van der Waals surface area (Å²) in [5.41, 5.74) is 2.37. The van der Waals surface area contributed by atoms with Crippen LogP contribution in [-0.2, 0) is 19.1 Å². The summed E-state index contributed by atoms with van der Waals surface area (Å²) < 4.78 is 4.65. The van der Waals surface area contributed by atoms with Gasteiger partial charge in [-0.25, -0.2) is 5.01 Å². The molecule has 10 heteroatoms. The van der Waals surface area contributed by atoms with Crippen molar-refractivity contribution in [2.24, 2.45) is 11.8 Å². The molecule has 3 N–H and O–H groups in total. The molecule has 0 radical (unpaired) electrons. The SMILES string of the molecule is COC(=O)CC[C@@H]1CC(C)(C)N(NC(=O)[C@H](CC2CC2)NC(=O)c2ccc(Cl)[nH]2)C1=O. The zero-order valence-corrected chi connectivity index (χ0v) is 18.8. The molecule has 1 aliphatic carbocycles. The van der Waals surface area contributed by atoms with Crippen molar-refractivity contribution < 1.29 is 23.9 Å². The number of esters is 1. The Labute approximate surface area is 186 Å². The number of halogens is 1. The van der Waals surface area contributed by atoms with Gasteiger partial charge in [0.05, 0.1) is 12.6 Å². The van der Waals surface area contributed by atoms with Crippen LogP contribution >= 0.6 is 11.6 Å². The molecule has 3 rings (SSSR count). The fourth-order valence-corrected chi connectivity index (χ4v) is 4.10. The molecular weight excluding hydrogens is 424 g/mol. The smallest absolute Gasteiger partial charge is 0.305 e. The quantitative estimate of drug-likeness (QED) is 0.496. The van der Waals surface area contributed by atoms with E-state index in [-0.39, 0.29) is 29.9 Å². The number of rotatable bonds is 9. The summed E-state index contributed by atoms with van der Waals surface area (Å²) in [4.78, 5) is 52.7. The third kappa shape index (κ3) is 5.78. The molecule has 3 amide bonds. The fourth-order valence-electron chi connectivity index (χ4n) is 3.93. The van der Waals surface area contributed by atoms with Crippen LogP contribution in [0.15, 0.2) is 12.1 Å². The first kappa shape index (κ1) is 23.1. The molecule has 0 aromatic carbocycles. The van der Waals surface area contributed by atoms with Gasteiger partial charge in [-0.3, -0.25) is 24.6 Å². The molecule has 1 aromatic heterocycles. The Balaban J connectivity index is 1.66. The topological polar surface area (TPSA) is 121 Å². The molecule has 1 aromatic rings. The summed E-state index contributed by atoms with van der Waals surface area (Å²) >= 11 is 5.84. The molecule has 0 spiro atoms. The normalized spacial score (nSPS) is 21.0. The van der Waals surface area contributed by atoms with Crippen LogP contribution in [0.2, 0.25) is 5.15 Å². The average molecular weight is 453 g/mol. The number of hydrogen-bond donors (Lipinski definition) is 3. The Kier molecular flexibility index (Phi) is 6.93. The van der Waals surface area contributed by atoms with E-state index < -0.39 is 23.4 Å². The number of hydrazine groups is 1. The molecule has 0 bridgehead atoms. The Morgan fingerprint density at radius 3 is 2.61 bits per heavy atom. The summed E-state index contributed by atoms with van der Waals surface area (Å²) in [6, 6.07) is 2.33. The number of aromatic amines is 1. The van der Waals surface area contributed by atoms with E-state index in [2.05, 4.69) is 20.5 Å². The number of ether oxygens (including phenoxy) is 1. The zero-order chi connectivity index (χ0) is 22.8. The number of hydrogen-bond acceptors (Lipinski definition) is 5. The number of aromatic nitrogens is 1. The highest BCUT2D eigenvalue weighted by atomic mass is 35.5. The van der Waals surface area contributed by atoms with E-state index in [4.69, 9.17) is 11.6 Å². The Hall–Kier alpha value is -2.55. The number of carbonyl (C=O) groups is 4. The van der Waals surface area contributed by atoms with E-state index in [0.717, 1.165) is 12.8 Å². The van der Waals surface area contributed by atoms with Crippen LogP contribution in [0.5, 0.6) is 0 Å². The van der Waals surface area contributed by atoms with E-state index >= 15 is 0 Å². The standard InChI is InChI=1S/C21H29ClN4O5/c1-21(2)11-13(6-9-17(27)31-3)20(30)26(21)25-19(29)15(10-12-4-5-12)24-18(28)14-7-8-16(22)23-14/h7-8,12-13,15,23H,4-6,9-11H2,1-3H3,(H,24,28)(H,25,29)/t13-,15+/m1/s1. The van der Waals surface area contributed by atoms with Crippen LogP contribution in [0.1, 0.15) is 62.9 Å². The van der Waals surface area contributed by atoms with Gasteiger partial charge in [0.1, 0.15) is 16.9 Å². The van der Waals surface area contributed by atoms with Gasteiger partial charge in [-0.15, -0.1) is 0 Å². The fraction of sp³-hybridized carbons (Fsp3) is 0.619. The number of nitrogens with zero attached hydrogens (tertiary/aromatic N) is 1. The lowest BCUT2D eigenvalue weighted by Crippen LogP contribution is -2.58. The van der Waals surface area contributed by atoms with Crippen LogP contribution in [0.25, 0.3) is 0 Å². The molecule has 2 heterocycles. The van der Waals surface area contributed by atoms with E-state index in [0.29, 0.717) is 30.3 Å². The number of H-pyrrole nitrogens is 1. The lowest BCUT2D eigenvalue weighted by molar-refractivity contribution is -0.145. The maximum absolute atomic E-state index is 13.1. The maximum Gasteiger partial charge on any atom is 0.305 e. The van der Waals surface area contributed by atoms with Crippen molar-refractivity contribution >= 4 is 35.3 Å². The van der Waals surface area contributed by atoms with Crippen molar-refractivity contribution in [2.75, 3.05) is 7.11 Å². The van der Waals surface area contributed by atoms with Gasteiger partial charge in [0, 0.05) is 12.3 Å². The largest absolute Gasteiger partial charge is 0.469 e. The summed E-state index contributed by atoms with van der Waals surface area (Å²) in [5.74, 6) is -1.49. The van der Waals surface area contributed by atoms with Crippen molar-refractivity contribution in [3.8, 4) is 0 Å². The monoisotopic (exact) mass is 452 g/mol. The number of carbonyl (C=O) groups excluding carboxylic acids is 4. The molecule has 170 valence electrons. The van der Waals surface area contributed by atoms with Gasteiger partial charge in [-0.1, -0.05) is 24.4 Å². The minimum atomic E-state index is -0.778. The Bertz CT molecular complexity index is 864. The Morgan fingerprint density at radius 1 is 1.32 bits per heavy atom. The van der Waals surface area contributed by atoms with Crippen molar-refractivity contribution in [1.82, 2.24) is 20.7 Å². The molecule has 31 heavy (non-hydrogen) atoms. The lowest BCUT2D eigenvalue weighted by atomic mass is 9.93. The summed E-state index contributed by atoms with van der Waals surface area (Å²) in [6.45, 7) is 3.72. The molecular formula is C21H29ClN4O5. The van der Waals surface area contributed by atoms with E-state index in [1.807, 2.05) is 13.8 Å². The van der Waals surface area contributed by atoms with Crippen LogP contribution in [0.4, 0.5) is 0 Å². The highest BCUT2D eigenvalue weighted by Gasteiger charge is 2.46. The van der Waals surface area contributed by atoms with Crippen LogP contribution in [-0.4, -0.2) is 52.4 Å². The van der Waals surface area contributed by atoms with Crippen LogP contribution in [0, 0.1) is 11.8 Å². The van der Waals surface area contributed by atoms with Crippen molar-refractivity contribution in [1.29, 1.82) is 0 Å². The lowest BCUT2D eigenvalue weighted by Gasteiger charge is -2.33. The van der Waals surface area contributed by atoms with Crippen molar-refractivity contribution in [3.05, 3.63) is 23.0 Å². The third-order valence-electron chi connectivity index (χ3n) is 5.85. The van der Waals surface area contributed by atoms with Crippen molar-refractivity contribution in [3.63, 3.8) is 0 Å². The summed E-state index contributed by atoms with van der Waals surface area (Å²) in [5, 5.41) is 4.42. The minimum Gasteiger partial charge on any atom is -0.469 e. The van der Waals surface area contributed by atoms with Gasteiger partial charge in [-0.05, 0) is 51.2 Å². The number of methoxy groups -OCH3 is 1.